The van der Waals surface area contributed by atoms with Crippen molar-refractivity contribution in [3.63, 3.8) is 0 Å². The first kappa shape index (κ1) is 10.9. The summed E-state index contributed by atoms with van der Waals surface area (Å²) in [7, 11) is 1.90. The summed E-state index contributed by atoms with van der Waals surface area (Å²) in [6.45, 7) is 4.01. The lowest BCUT2D eigenvalue weighted by atomic mass is 10.1. The first-order valence-electron chi connectivity index (χ1n) is 5.34. The second-order valence-electron chi connectivity index (χ2n) is 3.90. The Morgan fingerprint density at radius 2 is 2.31 bits per heavy atom. The zero-order valence-electron chi connectivity index (χ0n) is 9.77. The summed E-state index contributed by atoms with van der Waals surface area (Å²) >= 11 is 0. The summed E-state index contributed by atoms with van der Waals surface area (Å²) < 4.78 is 7.03. The standard InChI is InChI=1S/C11H16N4O/c1-4-9(12)11-5-10(14-16-11)8-6-13-15(3)7(8)2/h5-6,9H,4,12H2,1-3H3. The highest BCUT2D eigenvalue weighted by molar-refractivity contribution is 5.60. The average Bonchev–Trinajstić information content (AvgIpc) is 2.87. The van der Waals surface area contributed by atoms with Crippen molar-refractivity contribution in [2.45, 2.75) is 26.3 Å². The smallest absolute Gasteiger partial charge is 0.154 e. The predicted molar refractivity (Wildman–Crippen MR) is 60.7 cm³/mol. The molecule has 0 spiro atoms. The van der Waals surface area contributed by atoms with Gasteiger partial charge in [0.05, 0.1) is 12.2 Å². The lowest BCUT2D eigenvalue weighted by Crippen LogP contribution is -2.06. The quantitative estimate of drug-likeness (QED) is 0.856. The minimum atomic E-state index is -0.0850. The molecule has 0 aliphatic heterocycles. The molecule has 5 nitrogen and oxygen atoms in total. The van der Waals surface area contributed by atoms with Crippen LogP contribution in [0.5, 0.6) is 0 Å². The largest absolute Gasteiger partial charge is 0.359 e. The first-order chi connectivity index (χ1) is 7.63. The van der Waals surface area contributed by atoms with Gasteiger partial charge in [0, 0.05) is 24.4 Å². The Morgan fingerprint density at radius 1 is 1.56 bits per heavy atom. The van der Waals surface area contributed by atoms with Gasteiger partial charge in [-0.2, -0.15) is 5.10 Å². The van der Waals surface area contributed by atoms with E-state index in [4.69, 9.17) is 10.3 Å². The highest BCUT2D eigenvalue weighted by atomic mass is 16.5. The average molecular weight is 220 g/mol. The molecule has 0 aliphatic carbocycles. The van der Waals surface area contributed by atoms with E-state index in [1.54, 1.807) is 6.20 Å². The molecular weight excluding hydrogens is 204 g/mol. The number of nitrogens with zero attached hydrogens (tertiary/aromatic N) is 3. The first-order valence-corrected chi connectivity index (χ1v) is 5.34. The summed E-state index contributed by atoms with van der Waals surface area (Å²) in [5.41, 5.74) is 8.72. The highest BCUT2D eigenvalue weighted by Crippen LogP contribution is 2.24. The van der Waals surface area contributed by atoms with Crippen LogP contribution in [0.3, 0.4) is 0 Å². The molecule has 0 aliphatic rings. The number of rotatable bonds is 3. The maximum absolute atomic E-state index is 5.87. The summed E-state index contributed by atoms with van der Waals surface area (Å²) in [5.74, 6) is 0.723. The maximum Gasteiger partial charge on any atom is 0.154 e. The lowest BCUT2D eigenvalue weighted by Gasteiger charge is -2.00. The summed E-state index contributed by atoms with van der Waals surface area (Å²) in [4.78, 5) is 0. The van der Waals surface area contributed by atoms with E-state index >= 15 is 0 Å². The van der Waals surface area contributed by atoms with E-state index in [0.29, 0.717) is 0 Å². The van der Waals surface area contributed by atoms with Gasteiger partial charge in [0.1, 0.15) is 5.69 Å². The summed E-state index contributed by atoms with van der Waals surface area (Å²) in [5, 5.41) is 8.19. The van der Waals surface area contributed by atoms with E-state index in [9.17, 15) is 0 Å². The predicted octanol–water partition coefficient (Wildman–Crippen LogP) is 1.79. The molecule has 0 amide bonds. The summed E-state index contributed by atoms with van der Waals surface area (Å²) in [6.07, 6.45) is 2.62. The van der Waals surface area contributed by atoms with Gasteiger partial charge in [-0.05, 0) is 13.3 Å². The van der Waals surface area contributed by atoms with Gasteiger partial charge < -0.3 is 10.3 Å². The topological polar surface area (TPSA) is 69.9 Å². The zero-order valence-corrected chi connectivity index (χ0v) is 9.77. The van der Waals surface area contributed by atoms with E-state index < -0.39 is 0 Å². The van der Waals surface area contributed by atoms with Crippen molar-refractivity contribution in [1.82, 2.24) is 14.9 Å². The van der Waals surface area contributed by atoms with Gasteiger partial charge in [0.25, 0.3) is 0 Å². The molecule has 16 heavy (non-hydrogen) atoms. The Bertz CT molecular complexity index is 486. The molecule has 0 fully saturated rings. The maximum atomic E-state index is 5.87. The van der Waals surface area contributed by atoms with Crippen molar-refractivity contribution in [3.8, 4) is 11.3 Å². The fourth-order valence-corrected chi connectivity index (χ4v) is 1.54. The Morgan fingerprint density at radius 3 is 2.88 bits per heavy atom. The van der Waals surface area contributed by atoms with Crippen molar-refractivity contribution in [3.05, 3.63) is 23.7 Å². The van der Waals surface area contributed by atoms with Crippen molar-refractivity contribution < 1.29 is 4.52 Å². The molecule has 2 N–H and O–H groups in total. The molecule has 0 bridgehead atoms. The van der Waals surface area contributed by atoms with Crippen LogP contribution in [0.2, 0.25) is 0 Å². The van der Waals surface area contributed by atoms with Gasteiger partial charge in [-0.1, -0.05) is 12.1 Å². The normalized spacial score (nSPS) is 13.0. The fraction of sp³-hybridized carbons (Fsp3) is 0.455. The Labute approximate surface area is 94.2 Å². The zero-order chi connectivity index (χ0) is 11.7. The molecule has 1 atom stereocenters. The molecule has 5 heteroatoms. The van der Waals surface area contributed by atoms with E-state index in [0.717, 1.165) is 29.1 Å². The molecule has 2 rings (SSSR count). The van der Waals surface area contributed by atoms with Crippen LogP contribution in [-0.4, -0.2) is 14.9 Å². The number of aryl methyl sites for hydroxylation is 1. The highest BCUT2D eigenvalue weighted by Gasteiger charge is 2.14. The van der Waals surface area contributed by atoms with Crippen molar-refractivity contribution in [2.24, 2.45) is 12.8 Å². The lowest BCUT2D eigenvalue weighted by molar-refractivity contribution is 0.360. The van der Waals surface area contributed by atoms with E-state index in [1.165, 1.54) is 0 Å². The molecule has 2 heterocycles. The second kappa shape index (κ2) is 4.09. The van der Waals surface area contributed by atoms with Gasteiger partial charge in [-0.15, -0.1) is 0 Å². The molecule has 0 saturated carbocycles. The Kier molecular flexibility index (Phi) is 2.78. The van der Waals surface area contributed by atoms with Gasteiger partial charge in [0.15, 0.2) is 5.76 Å². The number of nitrogens with two attached hydrogens (primary N) is 1. The van der Waals surface area contributed by atoms with Crippen LogP contribution in [-0.2, 0) is 7.05 Å². The number of hydrogen-bond donors (Lipinski definition) is 1. The Hall–Kier alpha value is -1.62. The van der Waals surface area contributed by atoms with Crippen LogP contribution in [0.15, 0.2) is 16.8 Å². The van der Waals surface area contributed by atoms with Gasteiger partial charge in [-0.3, -0.25) is 4.68 Å². The minimum absolute atomic E-state index is 0.0850. The van der Waals surface area contributed by atoms with E-state index in [-0.39, 0.29) is 6.04 Å². The monoisotopic (exact) mass is 220 g/mol. The molecule has 0 radical (unpaired) electrons. The third-order valence-corrected chi connectivity index (χ3v) is 2.84. The minimum Gasteiger partial charge on any atom is -0.359 e. The van der Waals surface area contributed by atoms with Crippen LogP contribution in [0, 0.1) is 6.92 Å². The molecule has 2 aromatic rings. The van der Waals surface area contributed by atoms with Gasteiger partial charge >= 0.3 is 0 Å². The third kappa shape index (κ3) is 1.74. The summed E-state index contributed by atoms with van der Waals surface area (Å²) in [6, 6.07) is 1.80. The number of aromatic nitrogens is 3. The van der Waals surface area contributed by atoms with E-state index in [2.05, 4.69) is 10.3 Å². The van der Waals surface area contributed by atoms with Crippen LogP contribution in [0.4, 0.5) is 0 Å². The number of hydrogen-bond acceptors (Lipinski definition) is 4. The van der Waals surface area contributed by atoms with Crippen molar-refractivity contribution in [2.75, 3.05) is 0 Å². The molecule has 2 aromatic heterocycles. The SMILES string of the molecule is CCC(N)c1cc(-c2cnn(C)c2C)no1. The van der Waals surface area contributed by atoms with Crippen LogP contribution < -0.4 is 5.73 Å². The third-order valence-electron chi connectivity index (χ3n) is 2.84. The Balaban J connectivity index is 2.35. The van der Waals surface area contributed by atoms with Crippen LogP contribution >= 0.6 is 0 Å². The molecule has 0 saturated heterocycles. The van der Waals surface area contributed by atoms with E-state index in [1.807, 2.05) is 31.6 Å². The van der Waals surface area contributed by atoms with Crippen molar-refractivity contribution in [1.29, 1.82) is 0 Å². The molecule has 86 valence electrons. The molecule has 1 unspecified atom stereocenters. The second-order valence-corrected chi connectivity index (χ2v) is 3.90. The van der Waals surface area contributed by atoms with Gasteiger partial charge in [-0.25, -0.2) is 0 Å². The van der Waals surface area contributed by atoms with Gasteiger partial charge in [0.2, 0.25) is 0 Å². The van der Waals surface area contributed by atoms with Crippen LogP contribution in [0.25, 0.3) is 11.3 Å². The molecular formula is C11H16N4O. The fourth-order valence-electron chi connectivity index (χ4n) is 1.54. The molecule has 0 aromatic carbocycles. The van der Waals surface area contributed by atoms with Crippen LogP contribution in [0.1, 0.15) is 30.8 Å². The van der Waals surface area contributed by atoms with Crippen molar-refractivity contribution >= 4 is 0 Å².